The third kappa shape index (κ3) is 13.4. The molecule has 148 valence electrons. The Balaban J connectivity index is 4.03. The first kappa shape index (κ1) is 23.4. The second kappa shape index (κ2) is 11.9. The van der Waals surface area contributed by atoms with Crippen molar-refractivity contribution in [2.24, 2.45) is 22.3 Å². The van der Waals surface area contributed by atoms with Crippen LogP contribution in [0.1, 0.15) is 27.7 Å². The molecule has 0 saturated heterocycles. The lowest BCUT2D eigenvalue weighted by Crippen LogP contribution is -2.36. The molecule has 9 nitrogen and oxygen atoms in total. The zero-order valence-corrected chi connectivity index (χ0v) is 15.9. The molecule has 0 unspecified atom stereocenters. The fraction of sp³-hybridized carbons (Fsp3) is 0.875. The molecule has 0 aromatic carbocycles. The minimum absolute atomic E-state index is 0.224. The van der Waals surface area contributed by atoms with Gasteiger partial charge in [0.1, 0.15) is 13.2 Å². The summed E-state index contributed by atoms with van der Waals surface area (Å²) in [4.78, 5) is 22.8. The van der Waals surface area contributed by atoms with Crippen LogP contribution in [0.4, 0.5) is 9.59 Å². The summed E-state index contributed by atoms with van der Waals surface area (Å²) >= 11 is 0. The Labute approximate surface area is 150 Å². The van der Waals surface area contributed by atoms with Crippen LogP contribution in [-0.2, 0) is 14.2 Å². The van der Waals surface area contributed by atoms with Gasteiger partial charge in [0.25, 0.3) is 0 Å². The number of amides is 2. The predicted octanol–water partition coefficient (Wildman–Crippen LogP) is 0.425. The number of nitrogens with one attached hydrogen (secondary N) is 2. The van der Waals surface area contributed by atoms with E-state index in [4.69, 9.17) is 25.7 Å². The van der Waals surface area contributed by atoms with Crippen molar-refractivity contribution >= 4 is 12.2 Å². The maximum Gasteiger partial charge on any atom is 0.407 e. The first-order chi connectivity index (χ1) is 11.6. The van der Waals surface area contributed by atoms with Crippen LogP contribution in [0.15, 0.2) is 0 Å². The topological polar surface area (TPSA) is 138 Å². The lowest BCUT2D eigenvalue weighted by Gasteiger charge is -2.28. The Bertz CT molecular complexity index is 366. The van der Waals surface area contributed by atoms with Crippen molar-refractivity contribution in [2.75, 3.05) is 52.6 Å². The maximum absolute atomic E-state index is 11.4. The van der Waals surface area contributed by atoms with E-state index in [0.29, 0.717) is 39.4 Å². The number of carbonyl (C=O) groups is 2. The molecule has 25 heavy (non-hydrogen) atoms. The molecule has 0 atom stereocenters. The average Bonchev–Trinajstić information content (AvgIpc) is 2.54. The average molecular weight is 362 g/mol. The van der Waals surface area contributed by atoms with Gasteiger partial charge in [-0.15, -0.1) is 0 Å². The van der Waals surface area contributed by atoms with Crippen LogP contribution in [0.3, 0.4) is 0 Å². The molecule has 0 aromatic heterocycles. The van der Waals surface area contributed by atoms with Gasteiger partial charge in [0.15, 0.2) is 0 Å². The second-order valence-corrected chi connectivity index (χ2v) is 7.40. The molecule has 0 heterocycles. The van der Waals surface area contributed by atoms with Crippen LogP contribution in [0.5, 0.6) is 0 Å². The number of alkyl carbamates (subject to hydrolysis) is 2. The summed E-state index contributed by atoms with van der Waals surface area (Å²) in [7, 11) is 0. The van der Waals surface area contributed by atoms with Crippen LogP contribution in [0.2, 0.25) is 0 Å². The summed E-state index contributed by atoms with van der Waals surface area (Å²) in [5.41, 5.74) is 9.93. The second-order valence-electron chi connectivity index (χ2n) is 7.40. The van der Waals surface area contributed by atoms with Gasteiger partial charge in [0.2, 0.25) is 0 Å². The zero-order chi connectivity index (χ0) is 19.3. The smallest absolute Gasteiger partial charge is 0.407 e. The van der Waals surface area contributed by atoms with E-state index in [1.807, 2.05) is 27.7 Å². The van der Waals surface area contributed by atoms with Crippen molar-refractivity contribution in [2.45, 2.75) is 27.7 Å². The van der Waals surface area contributed by atoms with Crippen LogP contribution >= 0.6 is 0 Å². The van der Waals surface area contributed by atoms with E-state index >= 15 is 0 Å². The molecule has 0 bridgehead atoms. The number of ether oxygens (including phenoxy) is 3. The lowest BCUT2D eigenvalue weighted by atomic mass is 9.94. The highest BCUT2D eigenvalue weighted by Gasteiger charge is 2.25. The van der Waals surface area contributed by atoms with Gasteiger partial charge in [-0.25, -0.2) is 9.59 Å². The fourth-order valence-electron chi connectivity index (χ4n) is 1.66. The van der Waals surface area contributed by atoms with Crippen molar-refractivity contribution in [3.63, 3.8) is 0 Å². The SMILES string of the molecule is CC(C)(COCC(C)(C)COC(=O)NCCN)COC(=O)NCCN. The summed E-state index contributed by atoms with van der Waals surface area (Å²) in [5, 5.41) is 5.08. The number of hydrogen-bond donors (Lipinski definition) is 4. The molecular weight excluding hydrogens is 328 g/mol. The molecule has 0 aromatic rings. The van der Waals surface area contributed by atoms with Crippen molar-refractivity contribution in [1.82, 2.24) is 10.6 Å². The monoisotopic (exact) mass is 362 g/mol. The summed E-state index contributed by atoms with van der Waals surface area (Å²) in [6.45, 7) is 10.5. The Kier molecular flexibility index (Phi) is 11.1. The Morgan fingerprint density at radius 3 is 1.44 bits per heavy atom. The molecule has 0 fully saturated rings. The molecule has 0 aliphatic carbocycles. The summed E-state index contributed by atoms with van der Waals surface area (Å²) in [6, 6.07) is 0. The number of hydrogen-bond acceptors (Lipinski definition) is 7. The van der Waals surface area contributed by atoms with Crippen molar-refractivity contribution in [3.05, 3.63) is 0 Å². The Morgan fingerprint density at radius 1 is 0.760 bits per heavy atom. The Morgan fingerprint density at radius 2 is 1.12 bits per heavy atom. The highest BCUT2D eigenvalue weighted by molar-refractivity contribution is 5.67. The van der Waals surface area contributed by atoms with E-state index in [1.165, 1.54) is 0 Å². The first-order valence-electron chi connectivity index (χ1n) is 8.41. The maximum atomic E-state index is 11.4. The van der Waals surface area contributed by atoms with Gasteiger partial charge in [-0.3, -0.25) is 0 Å². The van der Waals surface area contributed by atoms with Gasteiger partial charge in [-0.1, -0.05) is 27.7 Å². The lowest BCUT2D eigenvalue weighted by molar-refractivity contribution is -0.0258. The minimum Gasteiger partial charge on any atom is -0.449 e. The molecule has 0 spiro atoms. The van der Waals surface area contributed by atoms with E-state index in [-0.39, 0.29) is 24.0 Å². The molecule has 0 radical (unpaired) electrons. The van der Waals surface area contributed by atoms with Gasteiger partial charge < -0.3 is 36.3 Å². The van der Waals surface area contributed by atoms with E-state index in [1.54, 1.807) is 0 Å². The minimum atomic E-state index is -0.490. The standard InChI is InChI=1S/C16H34N4O5/c1-15(2,11-24-13(21)19-7-5-17)9-23-10-16(3,4)12-25-14(22)20-8-6-18/h5-12,17-18H2,1-4H3,(H,19,21)(H,20,22). The van der Waals surface area contributed by atoms with Crippen LogP contribution < -0.4 is 22.1 Å². The van der Waals surface area contributed by atoms with E-state index < -0.39 is 12.2 Å². The summed E-state index contributed by atoms with van der Waals surface area (Å²) in [5.74, 6) is 0. The van der Waals surface area contributed by atoms with Gasteiger partial charge in [-0.05, 0) is 0 Å². The molecular formula is C16H34N4O5. The highest BCUT2D eigenvalue weighted by Crippen LogP contribution is 2.20. The molecule has 2 amide bonds. The third-order valence-corrected chi connectivity index (χ3v) is 3.00. The molecule has 0 aliphatic heterocycles. The quantitative estimate of drug-likeness (QED) is 0.395. The van der Waals surface area contributed by atoms with E-state index in [9.17, 15) is 9.59 Å². The number of rotatable bonds is 12. The van der Waals surface area contributed by atoms with Crippen LogP contribution in [0.25, 0.3) is 0 Å². The molecule has 0 saturated carbocycles. The summed E-state index contributed by atoms with van der Waals surface area (Å²) in [6.07, 6.45) is -0.980. The zero-order valence-electron chi connectivity index (χ0n) is 15.9. The van der Waals surface area contributed by atoms with E-state index in [2.05, 4.69) is 10.6 Å². The Hall–Kier alpha value is -1.58. The number of nitrogens with two attached hydrogens (primary N) is 2. The molecule has 6 N–H and O–H groups in total. The largest absolute Gasteiger partial charge is 0.449 e. The van der Waals surface area contributed by atoms with Crippen LogP contribution in [0, 0.1) is 10.8 Å². The molecule has 9 heteroatoms. The normalized spacial score (nSPS) is 11.8. The van der Waals surface area contributed by atoms with Crippen LogP contribution in [-0.4, -0.2) is 64.8 Å². The van der Waals surface area contributed by atoms with Gasteiger partial charge in [-0.2, -0.15) is 0 Å². The predicted molar refractivity (Wildman–Crippen MR) is 95.2 cm³/mol. The molecule has 0 aliphatic rings. The van der Waals surface area contributed by atoms with Gasteiger partial charge in [0.05, 0.1) is 13.2 Å². The third-order valence-electron chi connectivity index (χ3n) is 3.00. The summed E-state index contributed by atoms with van der Waals surface area (Å²) < 4.78 is 16.0. The van der Waals surface area contributed by atoms with Crippen molar-refractivity contribution < 1.29 is 23.8 Å². The molecule has 0 rings (SSSR count). The van der Waals surface area contributed by atoms with Gasteiger partial charge in [0, 0.05) is 37.0 Å². The van der Waals surface area contributed by atoms with E-state index in [0.717, 1.165) is 0 Å². The number of carbonyl (C=O) groups excluding carboxylic acids is 2. The fourth-order valence-corrected chi connectivity index (χ4v) is 1.66. The van der Waals surface area contributed by atoms with Crippen molar-refractivity contribution in [1.29, 1.82) is 0 Å². The first-order valence-corrected chi connectivity index (χ1v) is 8.41. The highest BCUT2D eigenvalue weighted by atomic mass is 16.6. The van der Waals surface area contributed by atoms with Crippen molar-refractivity contribution in [3.8, 4) is 0 Å². The van der Waals surface area contributed by atoms with Gasteiger partial charge >= 0.3 is 12.2 Å².